The van der Waals surface area contributed by atoms with Crippen LogP contribution in [-0.2, 0) is 0 Å². The summed E-state index contributed by atoms with van der Waals surface area (Å²) in [5.74, 6) is 1.29. The van der Waals surface area contributed by atoms with Crippen molar-refractivity contribution in [3.8, 4) is 11.5 Å². The number of furan rings is 1. The van der Waals surface area contributed by atoms with Gasteiger partial charge >= 0.3 is 0 Å². The van der Waals surface area contributed by atoms with E-state index in [0.29, 0.717) is 18.1 Å². The Morgan fingerprint density at radius 1 is 1.05 bits per heavy atom. The predicted octanol–water partition coefficient (Wildman–Crippen LogP) is 3.92. The fourth-order valence-electron chi connectivity index (χ4n) is 2.48. The molecule has 0 aliphatic rings. The van der Waals surface area contributed by atoms with Crippen LogP contribution in [0.4, 0.5) is 0 Å². The Labute approximate surface area is 128 Å². The first-order valence-corrected chi connectivity index (χ1v) is 7.19. The zero-order valence-corrected chi connectivity index (χ0v) is 12.6. The average Bonchev–Trinajstić information content (AvgIpc) is 3.02. The lowest BCUT2D eigenvalue weighted by Crippen LogP contribution is -2.02. The predicted molar refractivity (Wildman–Crippen MR) is 84.4 cm³/mol. The fraction of sp³-hybridized carbons (Fsp3) is 0.222. The molecule has 0 bridgehead atoms. The maximum Gasteiger partial charge on any atom is 0.161 e. The molecule has 3 rings (SSSR count). The largest absolute Gasteiger partial charge is 0.493 e. The smallest absolute Gasteiger partial charge is 0.161 e. The SMILES string of the molecule is CCOc1cc([C@H](O)c2ccc3occc3c2)ccc1OC. The molecule has 0 fully saturated rings. The quantitative estimate of drug-likeness (QED) is 0.775. The van der Waals surface area contributed by atoms with Crippen molar-refractivity contribution in [1.29, 1.82) is 0 Å². The van der Waals surface area contributed by atoms with Gasteiger partial charge in [0.2, 0.25) is 0 Å². The third-order valence-electron chi connectivity index (χ3n) is 3.60. The Hall–Kier alpha value is -2.46. The molecular weight excluding hydrogens is 280 g/mol. The van der Waals surface area contributed by atoms with Gasteiger partial charge in [-0.2, -0.15) is 0 Å². The zero-order chi connectivity index (χ0) is 15.5. The van der Waals surface area contributed by atoms with Gasteiger partial charge in [0.05, 0.1) is 20.0 Å². The van der Waals surface area contributed by atoms with Crippen LogP contribution in [0.2, 0.25) is 0 Å². The van der Waals surface area contributed by atoms with E-state index in [0.717, 1.165) is 22.1 Å². The van der Waals surface area contributed by atoms with E-state index in [9.17, 15) is 5.11 Å². The Bertz CT molecular complexity index is 776. The van der Waals surface area contributed by atoms with Crippen molar-refractivity contribution >= 4 is 11.0 Å². The monoisotopic (exact) mass is 298 g/mol. The van der Waals surface area contributed by atoms with Gasteiger partial charge in [-0.3, -0.25) is 0 Å². The molecule has 22 heavy (non-hydrogen) atoms. The molecule has 0 aliphatic carbocycles. The molecule has 0 saturated carbocycles. The first-order valence-electron chi connectivity index (χ1n) is 7.19. The zero-order valence-electron chi connectivity index (χ0n) is 12.6. The summed E-state index contributed by atoms with van der Waals surface area (Å²) in [4.78, 5) is 0. The number of methoxy groups -OCH3 is 1. The molecule has 1 N–H and O–H groups in total. The molecular formula is C18H18O4. The highest BCUT2D eigenvalue weighted by atomic mass is 16.5. The maximum atomic E-state index is 10.6. The molecule has 3 aromatic rings. The van der Waals surface area contributed by atoms with E-state index in [1.807, 2.05) is 43.3 Å². The van der Waals surface area contributed by atoms with Crippen molar-refractivity contribution in [2.75, 3.05) is 13.7 Å². The van der Waals surface area contributed by atoms with Crippen molar-refractivity contribution in [2.45, 2.75) is 13.0 Å². The molecule has 4 nitrogen and oxygen atoms in total. The number of aliphatic hydroxyl groups excluding tert-OH is 1. The first kappa shape index (κ1) is 14.5. The number of hydrogen-bond acceptors (Lipinski definition) is 4. The van der Waals surface area contributed by atoms with Crippen LogP contribution in [0.25, 0.3) is 11.0 Å². The molecule has 0 aliphatic heterocycles. The number of rotatable bonds is 5. The Morgan fingerprint density at radius 2 is 1.82 bits per heavy atom. The highest BCUT2D eigenvalue weighted by molar-refractivity contribution is 5.78. The van der Waals surface area contributed by atoms with Crippen molar-refractivity contribution in [3.63, 3.8) is 0 Å². The van der Waals surface area contributed by atoms with E-state index in [2.05, 4.69) is 0 Å². The summed E-state index contributed by atoms with van der Waals surface area (Å²) in [7, 11) is 1.60. The lowest BCUT2D eigenvalue weighted by atomic mass is 10.00. The van der Waals surface area contributed by atoms with Gasteiger partial charge in [0.1, 0.15) is 11.7 Å². The van der Waals surface area contributed by atoms with Crippen molar-refractivity contribution < 1.29 is 19.0 Å². The van der Waals surface area contributed by atoms with Crippen LogP contribution in [0, 0.1) is 0 Å². The lowest BCUT2D eigenvalue weighted by Gasteiger charge is -2.15. The molecule has 0 spiro atoms. The van der Waals surface area contributed by atoms with Crippen LogP contribution in [0.1, 0.15) is 24.2 Å². The third-order valence-corrected chi connectivity index (χ3v) is 3.60. The summed E-state index contributed by atoms with van der Waals surface area (Å²) >= 11 is 0. The summed E-state index contributed by atoms with van der Waals surface area (Å²) in [5.41, 5.74) is 2.37. The summed E-state index contributed by atoms with van der Waals surface area (Å²) < 4.78 is 16.1. The van der Waals surface area contributed by atoms with Gasteiger partial charge in [0.25, 0.3) is 0 Å². The van der Waals surface area contributed by atoms with Gasteiger partial charge in [-0.25, -0.2) is 0 Å². The van der Waals surface area contributed by atoms with Crippen molar-refractivity contribution in [3.05, 3.63) is 59.9 Å². The van der Waals surface area contributed by atoms with E-state index in [1.54, 1.807) is 19.4 Å². The second-order valence-electron chi connectivity index (χ2n) is 4.96. The van der Waals surface area contributed by atoms with E-state index in [-0.39, 0.29) is 0 Å². The Balaban J connectivity index is 1.96. The van der Waals surface area contributed by atoms with Crippen LogP contribution >= 0.6 is 0 Å². The molecule has 0 amide bonds. The Morgan fingerprint density at radius 3 is 2.59 bits per heavy atom. The maximum absolute atomic E-state index is 10.6. The second kappa shape index (κ2) is 6.12. The fourth-order valence-corrected chi connectivity index (χ4v) is 2.48. The van der Waals surface area contributed by atoms with Gasteiger partial charge < -0.3 is 19.0 Å². The molecule has 4 heteroatoms. The lowest BCUT2D eigenvalue weighted by molar-refractivity contribution is 0.219. The normalized spacial score (nSPS) is 12.3. The van der Waals surface area contributed by atoms with Crippen LogP contribution in [0.3, 0.4) is 0 Å². The number of aliphatic hydroxyl groups is 1. The van der Waals surface area contributed by atoms with E-state index >= 15 is 0 Å². The van der Waals surface area contributed by atoms with Gasteiger partial charge in [-0.05, 0) is 48.4 Å². The Kier molecular flexibility index (Phi) is 4.02. The molecule has 0 unspecified atom stereocenters. The topological polar surface area (TPSA) is 51.8 Å². The molecule has 1 aromatic heterocycles. The first-order chi connectivity index (χ1) is 10.7. The molecule has 0 saturated heterocycles. The van der Waals surface area contributed by atoms with Crippen LogP contribution in [0.15, 0.2) is 53.1 Å². The van der Waals surface area contributed by atoms with Crippen molar-refractivity contribution in [2.24, 2.45) is 0 Å². The summed E-state index contributed by atoms with van der Waals surface area (Å²) in [6.45, 7) is 2.45. The number of benzene rings is 2. The molecule has 0 radical (unpaired) electrons. The van der Waals surface area contributed by atoms with Gasteiger partial charge in [-0.15, -0.1) is 0 Å². The molecule has 2 aromatic carbocycles. The summed E-state index contributed by atoms with van der Waals surface area (Å²) in [5, 5.41) is 11.6. The number of hydrogen-bond donors (Lipinski definition) is 1. The molecule has 1 atom stereocenters. The van der Waals surface area contributed by atoms with Crippen molar-refractivity contribution in [1.82, 2.24) is 0 Å². The number of ether oxygens (including phenoxy) is 2. The van der Waals surface area contributed by atoms with Crippen LogP contribution < -0.4 is 9.47 Å². The number of fused-ring (bicyclic) bond motifs is 1. The molecule has 1 heterocycles. The summed E-state index contributed by atoms with van der Waals surface area (Å²) in [6, 6.07) is 13.0. The van der Waals surface area contributed by atoms with E-state index < -0.39 is 6.10 Å². The van der Waals surface area contributed by atoms with Gasteiger partial charge in [0.15, 0.2) is 11.5 Å². The summed E-state index contributed by atoms with van der Waals surface area (Å²) in [6.07, 6.45) is 0.908. The van der Waals surface area contributed by atoms with E-state index in [4.69, 9.17) is 13.9 Å². The highest BCUT2D eigenvalue weighted by Crippen LogP contribution is 2.33. The minimum absolute atomic E-state index is 0.539. The standard InChI is InChI=1S/C18H18O4/c1-3-21-17-11-14(5-7-16(17)20-2)18(19)13-4-6-15-12(10-13)8-9-22-15/h4-11,18-19H,3H2,1-2H3/t18-/m1/s1. The molecule has 114 valence electrons. The minimum atomic E-state index is -0.732. The minimum Gasteiger partial charge on any atom is -0.493 e. The highest BCUT2D eigenvalue weighted by Gasteiger charge is 2.14. The van der Waals surface area contributed by atoms with Gasteiger partial charge in [-0.1, -0.05) is 12.1 Å². The second-order valence-corrected chi connectivity index (χ2v) is 4.96. The van der Waals surface area contributed by atoms with Crippen LogP contribution in [-0.4, -0.2) is 18.8 Å². The average molecular weight is 298 g/mol. The van der Waals surface area contributed by atoms with Gasteiger partial charge in [0, 0.05) is 5.39 Å². The van der Waals surface area contributed by atoms with Crippen LogP contribution in [0.5, 0.6) is 11.5 Å². The third kappa shape index (κ3) is 2.65. The van der Waals surface area contributed by atoms with E-state index in [1.165, 1.54) is 0 Å².